The molecule has 0 amide bonds. The third kappa shape index (κ3) is 4.25. The topological polar surface area (TPSA) is 99.9 Å². The second-order valence-electron chi connectivity index (χ2n) is 8.14. The molecule has 8 nitrogen and oxygen atoms in total. The normalized spacial score (nSPS) is 13.3. The van der Waals surface area contributed by atoms with Crippen LogP contribution in [-0.4, -0.2) is 26.3 Å². The van der Waals surface area contributed by atoms with Gasteiger partial charge in [0.15, 0.2) is 5.65 Å². The Labute approximate surface area is 197 Å². The van der Waals surface area contributed by atoms with Crippen LogP contribution in [0.2, 0.25) is 0 Å². The summed E-state index contributed by atoms with van der Waals surface area (Å²) >= 11 is 0. The summed E-state index contributed by atoms with van der Waals surface area (Å²) in [4.78, 5) is 15.0. The highest BCUT2D eigenvalue weighted by atomic mass is 16.6. The van der Waals surface area contributed by atoms with E-state index in [-0.39, 0.29) is 0 Å². The van der Waals surface area contributed by atoms with Crippen molar-refractivity contribution in [2.75, 3.05) is 5.73 Å². The molecule has 3 heterocycles. The largest absolute Gasteiger partial charge is 0.472 e. The van der Waals surface area contributed by atoms with Gasteiger partial charge in [-0.25, -0.2) is 4.99 Å². The van der Waals surface area contributed by atoms with Crippen LogP contribution < -0.4 is 10.5 Å². The SMILES string of the molecule is Cc1cccc(COc2nc3c(cc2C2=NOC=CC(c4ccc(N)cc4)=N2)c(C)nn3C)c1. The van der Waals surface area contributed by atoms with Crippen LogP contribution in [0.25, 0.3) is 11.0 Å². The first-order chi connectivity index (χ1) is 16.5. The molecule has 170 valence electrons. The van der Waals surface area contributed by atoms with Crippen LogP contribution in [-0.2, 0) is 18.5 Å². The summed E-state index contributed by atoms with van der Waals surface area (Å²) in [5, 5.41) is 9.63. The van der Waals surface area contributed by atoms with Crippen molar-refractivity contribution < 1.29 is 9.57 Å². The van der Waals surface area contributed by atoms with Crippen LogP contribution in [0.5, 0.6) is 5.88 Å². The molecule has 34 heavy (non-hydrogen) atoms. The number of nitrogens with two attached hydrogens (primary N) is 1. The fraction of sp³-hybridized carbons (Fsp3) is 0.154. The van der Waals surface area contributed by atoms with Gasteiger partial charge in [-0.1, -0.05) is 47.1 Å². The van der Waals surface area contributed by atoms with Crippen molar-refractivity contribution in [2.45, 2.75) is 20.5 Å². The van der Waals surface area contributed by atoms with Crippen molar-refractivity contribution in [2.24, 2.45) is 17.2 Å². The molecule has 0 aliphatic carbocycles. The van der Waals surface area contributed by atoms with Gasteiger partial charge in [0.25, 0.3) is 0 Å². The molecule has 4 aromatic rings. The van der Waals surface area contributed by atoms with Crippen molar-refractivity contribution in [1.29, 1.82) is 0 Å². The number of hydrogen-bond acceptors (Lipinski definition) is 7. The van der Waals surface area contributed by atoms with E-state index in [1.54, 1.807) is 10.8 Å². The van der Waals surface area contributed by atoms with Crippen LogP contribution in [0.15, 0.2) is 77.1 Å². The van der Waals surface area contributed by atoms with Crippen LogP contribution in [0.3, 0.4) is 0 Å². The molecule has 1 aliphatic rings. The van der Waals surface area contributed by atoms with Gasteiger partial charge in [-0.3, -0.25) is 4.68 Å². The van der Waals surface area contributed by atoms with Crippen molar-refractivity contribution >= 4 is 28.3 Å². The highest BCUT2D eigenvalue weighted by molar-refractivity contribution is 6.18. The number of rotatable bonds is 5. The summed E-state index contributed by atoms with van der Waals surface area (Å²) < 4.78 is 7.95. The number of ether oxygens (including phenoxy) is 1. The van der Waals surface area contributed by atoms with E-state index < -0.39 is 0 Å². The zero-order valence-electron chi connectivity index (χ0n) is 19.2. The number of aryl methyl sites for hydroxylation is 3. The van der Waals surface area contributed by atoms with E-state index in [1.807, 2.05) is 56.4 Å². The molecule has 0 unspecified atom stereocenters. The van der Waals surface area contributed by atoms with E-state index >= 15 is 0 Å². The van der Waals surface area contributed by atoms with E-state index in [0.717, 1.165) is 33.4 Å². The zero-order valence-corrected chi connectivity index (χ0v) is 19.2. The van der Waals surface area contributed by atoms with Gasteiger partial charge in [0.2, 0.25) is 11.7 Å². The van der Waals surface area contributed by atoms with Crippen molar-refractivity contribution in [3.8, 4) is 5.88 Å². The number of allylic oxidation sites excluding steroid dienone is 1. The molecule has 0 saturated carbocycles. The molecular weight excluding hydrogens is 428 g/mol. The highest BCUT2D eigenvalue weighted by Crippen LogP contribution is 2.27. The van der Waals surface area contributed by atoms with E-state index in [1.165, 1.54) is 6.26 Å². The zero-order chi connectivity index (χ0) is 23.7. The number of oxime groups is 1. The number of fused-ring (bicyclic) bond motifs is 1. The van der Waals surface area contributed by atoms with E-state index in [4.69, 9.17) is 25.3 Å². The van der Waals surface area contributed by atoms with Gasteiger partial charge in [-0.05, 0) is 37.6 Å². The van der Waals surface area contributed by atoms with Crippen molar-refractivity contribution in [1.82, 2.24) is 14.8 Å². The molecule has 2 aromatic heterocycles. The molecule has 0 spiro atoms. The van der Waals surface area contributed by atoms with Gasteiger partial charge >= 0.3 is 0 Å². The van der Waals surface area contributed by atoms with Gasteiger partial charge in [0, 0.05) is 29.8 Å². The maximum Gasteiger partial charge on any atom is 0.227 e. The van der Waals surface area contributed by atoms with Gasteiger partial charge in [0.05, 0.1) is 17.0 Å². The Hall–Kier alpha value is -4.46. The Bertz CT molecular complexity index is 1460. The first-order valence-electron chi connectivity index (χ1n) is 10.9. The predicted molar refractivity (Wildman–Crippen MR) is 133 cm³/mol. The molecule has 0 radical (unpaired) electrons. The molecule has 0 saturated heterocycles. The molecule has 0 bridgehead atoms. The third-order valence-electron chi connectivity index (χ3n) is 5.52. The Kier molecular flexibility index (Phi) is 5.55. The standard InChI is InChI=1S/C26H24N6O2/c1-16-5-4-6-18(13-16)15-33-26-22(14-21-17(2)30-32(3)25(21)29-26)24-28-23(11-12-34-31-24)19-7-9-20(27)10-8-19/h4-14H,15,27H2,1-3H3. The summed E-state index contributed by atoms with van der Waals surface area (Å²) in [5.74, 6) is 0.760. The Balaban J connectivity index is 1.59. The highest BCUT2D eigenvalue weighted by Gasteiger charge is 2.20. The van der Waals surface area contributed by atoms with Crippen LogP contribution in [0, 0.1) is 13.8 Å². The lowest BCUT2D eigenvalue weighted by Gasteiger charge is -2.12. The van der Waals surface area contributed by atoms with Gasteiger partial charge in [-0.2, -0.15) is 10.1 Å². The van der Waals surface area contributed by atoms with Gasteiger partial charge in [-0.15, -0.1) is 0 Å². The monoisotopic (exact) mass is 452 g/mol. The second kappa shape index (κ2) is 8.82. The minimum absolute atomic E-state index is 0.352. The summed E-state index contributed by atoms with van der Waals surface area (Å²) in [5.41, 5.74) is 12.5. The molecule has 0 atom stereocenters. The molecule has 2 aromatic carbocycles. The van der Waals surface area contributed by atoms with Gasteiger partial charge in [0.1, 0.15) is 12.9 Å². The lowest BCUT2D eigenvalue weighted by atomic mass is 10.1. The van der Waals surface area contributed by atoms with Gasteiger partial charge < -0.3 is 15.3 Å². The average Bonchev–Trinajstić information content (AvgIpc) is 2.99. The Morgan fingerprint density at radius 1 is 1.06 bits per heavy atom. The van der Waals surface area contributed by atoms with E-state index in [0.29, 0.717) is 35.3 Å². The molecule has 5 rings (SSSR count). The smallest absolute Gasteiger partial charge is 0.227 e. The number of hydrogen-bond donors (Lipinski definition) is 1. The fourth-order valence-electron chi connectivity index (χ4n) is 3.82. The number of aliphatic imine (C=N–C) groups is 1. The maximum absolute atomic E-state index is 6.21. The fourth-order valence-corrected chi connectivity index (χ4v) is 3.82. The Morgan fingerprint density at radius 2 is 1.88 bits per heavy atom. The molecule has 1 aliphatic heterocycles. The van der Waals surface area contributed by atoms with Crippen molar-refractivity contribution in [3.63, 3.8) is 0 Å². The number of aromatic nitrogens is 3. The molecule has 2 N–H and O–H groups in total. The lowest BCUT2D eigenvalue weighted by Crippen LogP contribution is -2.09. The van der Waals surface area contributed by atoms with E-state index in [9.17, 15) is 0 Å². The maximum atomic E-state index is 6.21. The van der Waals surface area contributed by atoms with Crippen LogP contribution in [0.4, 0.5) is 5.69 Å². The lowest BCUT2D eigenvalue weighted by molar-refractivity contribution is 0.268. The minimum Gasteiger partial charge on any atom is -0.472 e. The second-order valence-corrected chi connectivity index (χ2v) is 8.14. The number of nitrogens with zero attached hydrogens (tertiary/aromatic N) is 5. The molecular formula is C26H24N6O2. The quantitative estimate of drug-likeness (QED) is 0.451. The molecule has 8 heteroatoms. The summed E-state index contributed by atoms with van der Waals surface area (Å²) in [6.07, 6.45) is 3.26. The number of benzene rings is 2. The van der Waals surface area contributed by atoms with Crippen LogP contribution >= 0.6 is 0 Å². The van der Waals surface area contributed by atoms with E-state index in [2.05, 4.69) is 29.3 Å². The minimum atomic E-state index is 0.352. The average molecular weight is 453 g/mol. The first kappa shape index (κ1) is 21.4. The van der Waals surface area contributed by atoms with Crippen LogP contribution in [0.1, 0.15) is 27.9 Å². The summed E-state index contributed by atoms with van der Waals surface area (Å²) in [6, 6.07) is 17.6. The predicted octanol–water partition coefficient (Wildman–Crippen LogP) is 4.44. The number of anilines is 1. The summed E-state index contributed by atoms with van der Waals surface area (Å²) in [6.45, 7) is 4.34. The number of pyridine rings is 1. The third-order valence-corrected chi connectivity index (χ3v) is 5.52. The summed E-state index contributed by atoms with van der Waals surface area (Å²) in [7, 11) is 1.86. The number of amidine groups is 1. The van der Waals surface area contributed by atoms with Crippen molar-refractivity contribution in [3.05, 3.63) is 94.9 Å². The Morgan fingerprint density at radius 3 is 2.68 bits per heavy atom. The number of nitrogen functional groups attached to an aromatic ring is 1. The molecule has 0 fully saturated rings. The first-order valence-corrected chi connectivity index (χ1v) is 10.9.